The van der Waals surface area contributed by atoms with Crippen molar-refractivity contribution in [2.75, 3.05) is 19.6 Å². The number of carbonyl (C=O) groups is 1. The molecule has 27 heavy (non-hydrogen) atoms. The number of halogens is 2. The lowest BCUT2D eigenvalue weighted by Gasteiger charge is -2.27. The predicted octanol–water partition coefficient (Wildman–Crippen LogP) is 4.03. The van der Waals surface area contributed by atoms with E-state index in [0.29, 0.717) is 29.7 Å². The van der Waals surface area contributed by atoms with Gasteiger partial charge in [0.15, 0.2) is 5.76 Å². The van der Waals surface area contributed by atoms with Gasteiger partial charge in [0.25, 0.3) is 5.91 Å². The molecule has 4 nitrogen and oxygen atoms in total. The Balaban J connectivity index is 0.00000180. The number of nitrogens with zero attached hydrogens (tertiary/aromatic N) is 1. The van der Waals surface area contributed by atoms with Gasteiger partial charge in [0.05, 0.1) is 6.04 Å². The van der Waals surface area contributed by atoms with E-state index in [1.165, 1.54) is 6.07 Å². The average molecular weight is 387 g/mol. The molecule has 6 heteroatoms. The number of nitrogens with one attached hydrogen (secondary N) is 1. The van der Waals surface area contributed by atoms with E-state index in [2.05, 4.69) is 5.32 Å². The van der Waals surface area contributed by atoms with Gasteiger partial charge in [-0.3, -0.25) is 4.79 Å². The van der Waals surface area contributed by atoms with Crippen molar-refractivity contribution in [3.63, 3.8) is 0 Å². The van der Waals surface area contributed by atoms with Gasteiger partial charge in [-0.15, -0.1) is 12.4 Å². The van der Waals surface area contributed by atoms with Crippen molar-refractivity contribution in [3.05, 3.63) is 71.7 Å². The lowest BCUT2D eigenvalue weighted by molar-refractivity contribution is 0.0683. The molecule has 0 saturated carbocycles. The highest BCUT2D eigenvalue weighted by atomic mass is 35.5. The minimum atomic E-state index is -0.270. The summed E-state index contributed by atoms with van der Waals surface area (Å²) in [5.74, 6) is 0.639. The van der Waals surface area contributed by atoms with Gasteiger partial charge >= 0.3 is 0 Å². The second-order valence-corrected chi connectivity index (χ2v) is 7.19. The van der Waals surface area contributed by atoms with Crippen LogP contribution in [0.15, 0.2) is 59.0 Å². The highest BCUT2D eigenvalue weighted by molar-refractivity contribution is 5.96. The van der Waals surface area contributed by atoms with Crippen LogP contribution in [-0.4, -0.2) is 30.4 Å². The van der Waals surface area contributed by atoms with Crippen LogP contribution in [0.5, 0.6) is 0 Å². The van der Waals surface area contributed by atoms with Crippen LogP contribution in [0.1, 0.15) is 22.2 Å². The minimum absolute atomic E-state index is 0. The van der Waals surface area contributed by atoms with Crippen molar-refractivity contribution in [3.8, 4) is 0 Å². The van der Waals surface area contributed by atoms with Crippen LogP contribution in [0.2, 0.25) is 0 Å². The molecule has 0 aliphatic carbocycles. The van der Waals surface area contributed by atoms with Crippen molar-refractivity contribution in [1.82, 2.24) is 10.2 Å². The zero-order valence-electron chi connectivity index (χ0n) is 14.6. The predicted molar refractivity (Wildman–Crippen MR) is 103 cm³/mol. The van der Waals surface area contributed by atoms with Gasteiger partial charge in [-0.05, 0) is 35.7 Å². The normalized spacial score (nSPS) is 24.0. The third-order valence-electron chi connectivity index (χ3n) is 5.65. The second kappa shape index (κ2) is 6.98. The molecule has 0 radical (unpaired) electrons. The summed E-state index contributed by atoms with van der Waals surface area (Å²) in [6.07, 6.45) is 0. The molecule has 5 rings (SSSR count). The Hall–Kier alpha value is -2.37. The fourth-order valence-electron chi connectivity index (χ4n) is 4.48. The first-order valence-corrected chi connectivity index (χ1v) is 8.96. The smallest absolute Gasteiger partial charge is 0.290 e. The van der Waals surface area contributed by atoms with Crippen LogP contribution in [0.25, 0.3) is 11.0 Å². The lowest BCUT2D eigenvalue weighted by Crippen LogP contribution is -2.34. The van der Waals surface area contributed by atoms with Gasteiger partial charge in [0, 0.05) is 30.9 Å². The fourth-order valence-corrected chi connectivity index (χ4v) is 4.48. The summed E-state index contributed by atoms with van der Waals surface area (Å²) in [6.45, 7) is 2.39. The van der Waals surface area contributed by atoms with Crippen molar-refractivity contribution >= 4 is 29.3 Å². The highest BCUT2D eigenvalue weighted by Gasteiger charge is 2.47. The lowest BCUT2D eigenvalue weighted by atomic mass is 9.89. The molecule has 1 aromatic heterocycles. The van der Waals surface area contributed by atoms with Crippen LogP contribution in [0.4, 0.5) is 4.39 Å². The second-order valence-electron chi connectivity index (χ2n) is 7.19. The van der Waals surface area contributed by atoms with Gasteiger partial charge < -0.3 is 14.6 Å². The number of likely N-dealkylation sites (tertiary alicyclic amines) is 1. The summed E-state index contributed by atoms with van der Waals surface area (Å²) >= 11 is 0. The molecule has 2 saturated heterocycles. The van der Waals surface area contributed by atoms with Gasteiger partial charge in [0.2, 0.25) is 0 Å². The Morgan fingerprint density at radius 2 is 1.96 bits per heavy atom. The van der Waals surface area contributed by atoms with Crippen molar-refractivity contribution < 1.29 is 13.6 Å². The number of fused-ring (bicyclic) bond motifs is 2. The molecule has 1 N–H and O–H groups in total. The number of amides is 1. The molecule has 3 atom stereocenters. The van der Waals surface area contributed by atoms with Crippen molar-refractivity contribution in [1.29, 1.82) is 0 Å². The number of furan rings is 1. The van der Waals surface area contributed by atoms with Gasteiger partial charge in [0.1, 0.15) is 11.4 Å². The van der Waals surface area contributed by atoms with E-state index in [1.807, 2.05) is 35.2 Å². The largest absolute Gasteiger partial charge is 0.451 e. The summed E-state index contributed by atoms with van der Waals surface area (Å²) in [6, 6.07) is 15.9. The maximum Gasteiger partial charge on any atom is 0.290 e. The quantitative estimate of drug-likeness (QED) is 0.723. The van der Waals surface area contributed by atoms with Crippen LogP contribution >= 0.6 is 12.4 Å². The Labute approximate surface area is 162 Å². The van der Waals surface area contributed by atoms with Gasteiger partial charge in [-0.25, -0.2) is 4.39 Å². The van der Waals surface area contributed by atoms with Gasteiger partial charge in [-0.2, -0.15) is 0 Å². The monoisotopic (exact) mass is 386 g/mol. The zero-order valence-corrected chi connectivity index (χ0v) is 15.4. The van der Waals surface area contributed by atoms with Gasteiger partial charge in [-0.1, -0.05) is 30.3 Å². The Morgan fingerprint density at radius 1 is 1.11 bits per heavy atom. The average Bonchev–Trinajstić information content (AvgIpc) is 3.34. The van der Waals surface area contributed by atoms with E-state index >= 15 is 0 Å². The summed E-state index contributed by atoms with van der Waals surface area (Å²) < 4.78 is 19.6. The van der Waals surface area contributed by atoms with Crippen LogP contribution < -0.4 is 5.32 Å². The first-order chi connectivity index (χ1) is 12.7. The molecule has 0 unspecified atom stereocenters. The zero-order chi connectivity index (χ0) is 17.7. The number of carbonyl (C=O) groups excluding carboxylic acids is 1. The SMILES string of the molecule is Cl.O=C(c1cc2ccccc2o1)N1C[C@@H]2CNC[C@@H]2[C@@H]1c1cccc(F)c1. The molecule has 0 bridgehead atoms. The van der Waals surface area contributed by atoms with E-state index in [-0.39, 0.29) is 30.2 Å². The Morgan fingerprint density at radius 3 is 2.78 bits per heavy atom. The standard InChI is InChI=1S/C21H19FN2O2.ClH/c22-16-6-3-5-14(8-16)20-17-11-23-10-15(17)12-24(20)21(25)19-9-13-4-1-2-7-18(13)26-19;/h1-9,15,17,20,23H,10-12H2;1H/t15-,17-,20-;/m0./s1. The van der Waals surface area contributed by atoms with Crippen LogP contribution in [0.3, 0.4) is 0 Å². The number of rotatable bonds is 2. The summed E-state index contributed by atoms with van der Waals surface area (Å²) in [5, 5.41) is 4.32. The molecular formula is C21H20ClFN2O2. The highest BCUT2D eigenvalue weighted by Crippen LogP contribution is 2.43. The van der Waals surface area contributed by atoms with Crippen LogP contribution in [-0.2, 0) is 0 Å². The molecule has 3 heterocycles. The van der Waals surface area contributed by atoms with Crippen LogP contribution in [0, 0.1) is 17.7 Å². The van der Waals surface area contributed by atoms with E-state index in [1.54, 1.807) is 18.2 Å². The summed E-state index contributed by atoms with van der Waals surface area (Å²) in [7, 11) is 0. The molecule has 0 spiro atoms. The first-order valence-electron chi connectivity index (χ1n) is 8.96. The first kappa shape index (κ1) is 18.0. The molecule has 1 amide bonds. The van der Waals surface area contributed by atoms with E-state index in [0.717, 1.165) is 24.0 Å². The minimum Gasteiger partial charge on any atom is -0.451 e. The third kappa shape index (κ3) is 3.01. The van der Waals surface area contributed by atoms with Crippen molar-refractivity contribution in [2.45, 2.75) is 6.04 Å². The van der Waals surface area contributed by atoms with E-state index in [9.17, 15) is 9.18 Å². The number of para-hydroxylation sites is 1. The van der Waals surface area contributed by atoms with E-state index in [4.69, 9.17) is 4.42 Å². The Kier molecular flexibility index (Phi) is 4.66. The third-order valence-corrected chi connectivity index (χ3v) is 5.65. The number of benzene rings is 2. The molecule has 2 aromatic carbocycles. The molecular weight excluding hydrogens is 367 g/mol. The fraction of sp³-hybridized carbons (Fsp3) is 0.286. The number of hydrogen-bond donors (Lipinski definition) is 1. The molecule has 3 aromatic rings. The summed E-state index contributed by atoms with van der Waals surface area (Å²) in [4.78, 5) is 15.1. The molecule has 140 valence electrons. The molecule has 2 aliphatic rings. The number of hydrogen-bond acceptors (Lipinski definition) is 3. The Bertz CT molecular complexity index is 956. The maximum absolute atomic E-state index is 13.8. The maximum atomic E-state index is 13.8. The van der Waals surface area contributed by atoms with Crippen molar-refractivity contribution in [2.24, 2.45) is 11.8 Å². The molecule has 2 aliphatic heterocycles. The molecule has 2 fully saturated rings. The topological polar surface area (TPSA) is 45.5 Å². The van der Waals surface area contributed by atoms with E-state index < -0.39 is 0 Å². The summed E-state index contributed by atoms with van der Waals surface area (Å²) in [5.41, 5.74) is 1.56.